The number of benzene rings is 1. The van der Waals surface area contributed by atoms with Crippen LogP contribution in [0.2, 0.25) is 0 Å². The van der Waals surface area contributed by atoms with E-state index in [1.165, 1.54) is 6.33 Å². The third kappa shape index (κ3) is 2.96. The Morgan fingerprint density at radius 1 is 1.45 bits per heavy atom. The van der Waals surface area contributed by atoms with Crippen LogP contribution in [-0.2, 0) is 17.8 Å². The van der Waals surface area contributed by atoms with Crippen LogP contribution in [0.4, 0.5) is 0 Å². The smallest absolute Gasteiger partial charge is 0.222 e. The van der Waals surface area contributed by atoms with E-state index in [0.29, 0.717) is 19.6 Å². The van der Waals surface area contributed by atoms with Crippen LogP contribution in [0.15, 0.2) is 36.9 Å². The minimum absolute atomic E-state index is 0.00785. The normalized spacial score (nSPS) is 17.1. The van der Waals surface area contributed by atoms with Crippen LogP contribution >= 0.6 is 0 Å². The SMILES string of the molecule is O=C(CCn1cncn1)N[C@H]1COc2ccccc2C1. The Kier molecular flexibility index (Phi) is 3.62. The first-order valence-electron chi connectivity index (χ1n) is 6.64. The second-order valence-electron chi connectivity index (χ2n) is 4.80. The molecule has 3 rings (SSSR count). The molecular formula is C14H16N4O2. The number of fused-ring (bicyclic) bond motifs is 1. The van der Waals surface area contributed by atoms with Gasteiger partial charge in [-0.2, -0.15) is 5.10 Å². The zero-order valence-electron chi connectivity index (χ0n) is 11.0. The van der Waals surface area contributed by atoms with Crippen molar-refractivity contribution < 1.29 is 9.53 Å². The van der Waals surface area contributed by atoms with Crippen LogP contribution in [0.1, 0.15) is 12.0 Å². The van der Waals surface area contributed by atoms with Crippen molar-refractivity contribution in [3.63, 3.8) is 0 Å². The molecule has 1 aliphatic rings. The Morgan fingerprint density at radius 2 is 2.35 bits per heavy atom. The lowest BCUT2D eigenvalue weighted by Crippen LogP contribution is -2.42. The van der Waals surface area contributed by atoms with E-state index in [4.69, 9.17) is 4.74 Å². The largest absolute Gasteiger partial charge is 0.491 e. The fourth-order valence-corrected chi connectivity index (χ4v) is 2.28. The van der Waals surface area contributed by atoms with Crippen LogP contribution in [0.5, 0.6) is 5.75 Å². The summed E-state index contributed by atoms with van der Waals surface area (Å²) >= 11 is 0. The number of hydrogen-bond donors (Lipinski definition) is 1. The van der Waals surface area contributed by atoms with E-state index in [1.54, 1.807) is 11.0 Å². The van der Waals surface area contributed by atoms with Crippen molar-refractivity contribution in [2.45, 2.75) is 25.4 Å². The molecule has 2 aromatic rings. The van der Waals surface area contributed by atoms with Crippen molar-refractivity contribution in [2.24, 2.45) is 0 Å². The van der Waals surface area contributed by atoms with E-state index in [1.807, 2.05) is 24.3 Å². The van der Waals surface area contributed by atoms with E-state index >= 15 is 0 Å². The van der Waals surface area contributed by atoms with Gasteiger partial charge in [0.1, 0.15) is 25.0 Å². The summed E-state index contributed by atoms with van der Waals surface area (Å²) in [5.74, 6) is 0.925. The lowest BCUT2D eigenvalue weighted by Gasteiger charge is -2.26. The summed E-state index contributed by atoms with van der Waals surface area (Å²) in [7, 11) is 0. The molecule has 0 unspecified atom stereocenters. The van der Waals surface area contributed by atoms with Gasteiger partial charge < -0.3 is 10.1 Å². The Hall–Kier alpha value is -2.37. The van der Waals surface area contributed by atoms with E-state index in [9.17, 15) is 4.79 Å². The summed E-state index contributed by atoms with van der Waals surface area (Å²) < 4.78 is 7.29. The minimum Gasteiger partial charge on any atom is -0.491 e. The molecule has 6 heteroatoms. The molecule has 20 heavy (non-hydrogen) atoms. The molecule has 1 aromatic heterocycles. The maximum absolute atomic E-state index is 11.9. The quantitative estimate of drug-likeness (QED) is 0.893. The molecule has 1 N–H and O–H groups in total. The third-order valence-electron chi connectivity index (χ3n) is 3.28. The van der Waals surface area contributed by atoms with Gasteiger partial charge in [-0.15, -0.1) is 0 Å². The number of rotatable bonds is 4. The van der Waals surface area contributed by atoms with Crippen molar-refractivity contribution >= 4 is 5.91 Å². The molecule has 2 heterocycles. The second-order valence-corrected chi connectivity index (χ2v) is 4.80. The Balaban J connectivity index is 1.50. The van der Waals surface area contributed by atoms with Crippen molar-refractivity contribution in [2.75, 3.05) is 6.61 Å². The van der Waals surface area contributed by atoms with Crippen molar-refractivity contribution in [1.82, 2.24) is 20.1 Å². The first-order valence-corrected chi connectivity index (χ1v) is 6.64. The number of carbonyl (C=O) groups excluding carboxylic acids is 1. The zero-order chi connectivity index (χ0) is 13.8. The number of amides is 1. The summed E-state index contributed by atoms with van der Waals surface area (Å²) in [4.78, 5) is 15.7. The van der Waals surface area contributed by atoms with Gasteiger partial charge in [-0.3, -0.25) is 9.48 Å². The number of ether oxygens (including phenoxy) is 1. The van der Waals surface area contributed by atoms with Crippen LogP contribution in [-0.4, -0.2) is 33.3 Å². The third-order valence-corrected chi connectivity index (χ3v) is 3.28. The molecular weight excluding hydrogens is 256 g/mol. The lowest BCUT2D eigenvalue weighted by atomic mass is 10.0. The Labute approximate surface area is 116 Å². The van der Waals surface area contributed by atoms with Gasteiger partial charge in [0.05, 0.1) is 12.6 Å². The van der Waals surface area contributed by atoms with Gasteiger partial charge in [0.15, 0.2) is 0 Å². The number of aryl methyl sites for hydroxylation is 1. The molecule has 104 valence electrons. The molecule has 6 nitrogen and oxygen atoms in total. The van der Waals surface area contributed by atoms with Gasteiger partial charge in [0.25, 0.3) is 0 Å². The summed E-state index contributed by atoms with van der Waals surface area (Å²) in [6.07, 6.45) is 4.27. The zero-order valence-corrected chi connectivity index (χ0v) is 11.0. The molecule has 1 amide bonds. The van der Waals surface area contributed by atoms with Crippen LogP contribution in [0, 0.1) is 0 Å². The molecule has 0 bridgehead atoms. The molecule has 0 saturated heterocycles. The second kappa shape index (κ2) is 5.73. The van der Waals surface area contributed by atoms with Gasteiger partial charge >= 0.3 is 0 Å². The highest BCUT2D eigenvalue weighted by Crippen LogP contribution is 2.23. The van der Waals surface area contributed by atoms with Gasteiger partial charge in [0, 0.05) is 6.42 Å². The van der Waals surface area contributed by atoms with Crippen molar-refractivity contribution in [3.8, 4) is 5.75 Å². The minimum atomic E-state index is 0.00785. The molecule has 0 saturated carbocycles. The number of aromatic nitrogens is 3. The lowest BCUT2D eigenvalue weighted by molar-refractivity contribution is -0.122. The van der Waals surface area contributed by atoms with E-state index < -0.39 is 0 Å². The molecule has 0 fully saturated rings. The highest BCUT2D eigenvalue weighted by molar-refractivity contribution is 5.76. The average Bonchev–Trinajstić information content (AvgIpc) is 2.98. The van der Waals surface area contributed by atoms with Gasteiger partial charge in [-0.05, 0) is 18.1 Å². The fourth-order valence-electron chi connectivity index (χ4n) is 2.28. The summed E-state index contributed by atoms with van der Waals surface area (Å²) in [6, 6.07) is 7.96. The van der Waals surface area contributed by atoms with E-state index in [2.05, 4.69) is 15.4 Å². The highest BCUT2D eigenvalue weighted by Gasteiger charge is 2.20. The Morgan fingerprint density at radius 3 is 3.20 bits per heavy atom. The number of carbonyl (C=O) groups is 1. The number of nitrogens with zero attached hydrogens (tertiary/aromatic N) is 3. The van der Waals surface area contributed by atoms with Crippen molar-refractivity contribution in [1.29, 1.82) is 0 Å². The summed E-state index contributed by atoms with van der Waals surface area (Å²) in [5.41, 5.74) is 1.14. The van der Waals surface area contributed by atoms with Crippen LogP contribution in [0.25, 0.3) is 0 Å². The predicted octanol–water partition coefficient (Wildman–Crippen LogP) is 0.788. The van der Waals surface area contributed by atoms with Crippen LogP contribution < -0.4 is 10.1 Å². The summed E-state index contributed by atoms with van der Waals surface area (Å²) in [6.45, 7) is 1.06. The van der Waals surface area contributed by atoms with Gasteiger partial charge in [-0.1, -0.05) is 18.2 Å². The van der Waals surface area contributed by atoms with Crippen molar-refractivity contribution in [3.05, 3.63) is 42.5 Å². The maximum atomic E-state index is 11.9. The predicted molar refractivity (Wildman–Crippen MR) is 72.2 cm³/mol. The topological polar surface area (TPSA) is 69.0 Å². The summed E-state index contributed by atoms with van der Waals surface area (Å²) in [5, 5.41) is 6.96. The van der Waals surface area contributed by atoms with Gasteiger partial charge in [0.2, 0.25) is 5.91 Å². The van der Waals surface area contributed by atoms with Crippen LogP contribution in [0.3, 0.4) is 0 Å². The number of para-hydroxylation sites is 1. The molecule has 0 radical (unpaired) electrons. The maximum Gasteiger partial charge on any atom is 0.222 e. The molecule has 1 atom stereocenters. The number of hydrogen-bond acceptors (Lipinski definition) is 4. The number of nitrogens with one attached hydrogen (secondary N) is 1. The highest BCUT2D eigenvalue weighted by atomic mass is 16.5. The van der Waals surface area contributed by atoms with Gasteiger partial charge in [-0.25, -0.2) is 4.98 Å². The fraction of sp³-hybridized carbons (Fsp3) is 0.357. The standard InChI is InChI=1S/C14H16N4O2/c19-14(5-6-18-10-15-9-16-18)17-12-7-11-3-1-2-4-13(11)20-8-12/h1-4,9-10,12H,5-8H2,(H,17,19)/t12-/m1/s1. The molecule has 0 spiro atoms. The first kappa shape index (κ1) is 12.7. The molecule has 1 aromatic carbocycles. The molecule has 1 aliphatic heterocycles. The monoisotopic (exact) mass is 272 g/mol. The molecule has 0 aliphatic carbocycles. The Bertz CT molecular complexity index is 583. The average molecular weight is 272 g/mol. The van der Waals surface area contributed by atoms with E-state index in [-0.39, 0.29) is 11.9 Å². The van der Waals surface area contributed by atoms with E-state index in [0.717, 1.165) is 17.7 Å². The first-order chi connectivity index (χ1) is 9.81.